The minimum atomic E-state index is -0.203. The smallest absolute Gasteiger partial charge is 0.237 e. The molecule has 0 unspecified atom stereocenters. The lowest BCUT2D eigenvalue weighted by Gasteiger charge is -2.33. The maximum atomic E-state index is 13.8. The molecular formula is C24H39FN4O. The summed E-state index contributed by atoms with van der Waals surface area (Å²) < 4.78 is 13.8. The Morgan fingerprint density at radius 2 is 1.93 bits per heavy atom. The molecule has 0 aromatic heterocycles. The zero-order valence-electron chi connectivity index (χ0n) is 18.9. The Morgan fingerprint density at radius 1 is 1.20 bits per heavy atom. The topological polar surface area (TPSA) is 47.6 Å². The van der Waals surface area contributed by atoms with E-state index in [9.17, 15) is 9.18 Å². The fraction of sp³-hybridized carbons (Fsp3) is 0.708. The molecule has 30 heavy (non-hydrogen) atoms. The molecule has 2 saturated heterocycles. The molecule has 1 aromatic carbocycles. The largest absolute Gasteiger partial charge is 0.354 e. The second kappa shape index (κ2) is 11.2. The second-order valence-corrected chi connectivity index (χ2v) is 9.15. The van der Waals surface area contributed by atoms with Crippen molar-refractivity contribution in [1.82, 2.24) is 20.4 Å². The van der Waals surface area contributed by atoms with Crippen molar-refractivity contribution in [2.24, 2.45) is 0 Å². The average Bonchev–Trinajstić information content (AvgIpc) is 3.15. The number of rotatable bonds is 9. The predicted octanol–water partition coefficient (Wildman–Crippen LogP) is 2.80. The quantitative estimate of drug-likeness (QED) is 0.648. The van der Waals surface area contributed by atoms with E-state index in [1.54, 1.807) is 12.1 Å². The third-order valence-corrected chi connectivity index (χ3v) is 6.56. The summed E-state index contributed by atoms with van der Waals surface area (Å²) in [5.74, 6) is -0.132. The van der Waals surface area contributed by atoms with E-state index in [1.807, 2.05) is 6.07 Å². The second-order valence-electron chi connectivity index (χ2n) is 9.15. The highest BCUT2D eigenvalue weighted by atomic mass is 19.1. The van der Waals surface area contributed by atoms with Crippen LogP contribution in [0.2, 0.25) is 0 Å². The summed E-state index contributed by atoms with van der Waals surface area (Å²) >= 11 is 0. The van der Waals surface area contributed by atoms with Gasteiger partial charge in [0.15, 0.2) is 0 Å². The number of carbonyl (C=O) groups is 1. The fourth-order valence-electron chi connectivity index (χ4n) is 4.92. The number of hydrogen-bond acceptors (Lipinski definition) is 4. The summed E-state index contributed by atoms with van der Waals surface area (Å²) in [6.07, 6.45) is 4.97. The van der Waals surface area contributed by atoms with Crippen molar-refractivity contribution in [1.29, 1.82) is 0 Å². The highest BCUT2D eigenvalue weighted by Gasteiger charge is 2.38. The maximum absolute atomic E-state index is 13.8. The van der Waals surface area contributed by atoms with Gasteiger partial charge in [-0.3, -0.25) is 9.69 Å². The standard InChI is InChI=1S/C24H39FN4O/c1-4-13-28-14-10-20(11-15-28)27-21-16-23(29(17-21)18(2)3)24(30)26-12-9-19-7-5-6-8-22(19)25/h5-8,18,20-21,23,27H,4,9-17H2,1-3H3,(H,26,30)/t21-,23+/m1/s1. The van der Waals surface area contributed by atoms with E-state index in [0.29, 0.717) is 36.7 Å². The lowest BCUT2D eigenvalue weighted by atomic mass is 10.0. The Morgan fingerprint density at radius 3 is 2.60 bits per heavy atom. The predicted molar refractivity (Wildman–Crippen MR) is 120 cm³/mol. The van der Waals surface area contributed by atoms with Gasteiger partial charge in [0.1, 0.15) is 5.82 Å². The van der Waals surface area contributed by atoms with E-state index < -0.39 is 0 Å². The Kier molecular flexibility index (Phi) is 8.66. The molecule has 6 heteroatoms. The molecule has 5 nitrogen and oxygen atoms in total. The molecule has 1 aromatic rings. The van der Waals surface area contributed by atoms with Gasteiger partial charge >= 0.3 is 0 Å². The first-order valence-corrected chi connectivity index (χ1v) is 11.7. The molecule has 3 rings (SSSR count). The number of benzene rings is 1. The van der Waals surface area contributed by atoms with E-state index in [4.69, 9.17) is 0 Å². The fourth-order valence-corrected chi connectivity index (χ4v) is 4.92. The Bertz CT molecular complexity index is 675. The van der Waals surface area contributed by atoms with E-state index in [0.717, 1.165) is 13.0 Å². The van der Waals surface area contributed by atoms with E-state index >= 15 is 0 Å². The van der Waals surface area contributed by atoms with Gasteiger partial charge in [-0.25, -0.2) is 4.39 Å². The number of likely N-dealkylation sites (tertiary alicyclic amines) is 2. The first-order chi connectivity index (χ1) is 14.5. The van der Waals surface area contributed by atoms with Crippen LogP contribution in [-0.4, -0.2) is 72.6 Å². The summed E-state index contributed by atoms with van der Waals surface area (Å²) in [7, 11) is 0. The molecule has 2 N–H and O–H groups in total. The number of amides is 1. The summed E-state index contributed by atoms with van der Waals surface area (Å²) in [5.41, 5.74) is 0.652. The first-order valence-electron chi connectivity index (χ1n) is 11.7. The van der Waals surface area contributed by atoms with Gasteiger partial charge in [0.2, 0.25) is 5.91 Å². The van der Waals surface area contributed by atoms with Gasteiger partial charge in [0.05, 0.1) is 6.04 Å². The maximum Gasteiger partial charge on any atom is 0.237 e. The van der Waals surface area contributed by atoms with Crippen LogP contribution in [0.5, 0.6) is 0 Å². The van der Waals surface area contributed by atoms with Gasteiger partial charge < -0.3 is 15.5 Å². The Labute approximate surface area is 181 Å². The highest BCUT2D eigenvalue weighted by Crippen LogP contribution is 2.23. The van der Waals surface area contributed by atoms with Crippen molar-refractivity contribution in [3.63, 3.8) is 0 Å². The molecule has 0 radical (unpaired) electrons. The van der Waals surface area contributed by atoms with Crippen LogP contribution in [0.1, 0.15) is 52.0 Å². The lowest BCUT2D eigenvalue weighted by Crippen LogP contribution is -2.47. The lowest BCUT2D eigenvalue weighted by molar-refractivity contribution is -0.126. The zero-order chi connectivity index (χ0) is 21.5. The molecular weight excluding hydrogens is 379 g/mol. The van der Waals surface area contributed by atoms with Gasteiger partial charge in [-0.05, 0) is 77.2 Å². The number of piperidine rings is 1. The van der Waals surface area contributed by atoms with E-state index in [-0.39, 0.29) is 17.8 Å². The van der Waals surface area contributed by atoms with Gasteiger partial charge in [-0.2, -0.15) is 0 Å². The molecule has 2 aliphatic heterocycles. The summed E-state index contributed by atoms with van der Waals surface area (Å²) in [4.78, 5) is 17.8. The van der Waals surface area contributed by atoms with Crippen molar-refractivity contribution in [2.45, 2.75) is 77.0 Å². The third kappa shape index (κ3) is 6.25. The van der Waals surface area contributed by atoms with Crippen LogP contribution in [-0.2, 0) is 11.2 Å². The Hall–Kier alpha value is -1.50. The number of nitrogens with zero attached hydrogens (tertiary/aromatic N) is 2. The van der Waals surface area contributed by atoms with Crippen molar-refractivity contribution in [2.75, 3.05) is 32.7 Å². The first kappa shape index (κ1) is 23.2. The van der Waals surface area contributed by atoms with E-state index in [1.165, 1.54) is 45.0 Å². The minimum Gasteiger partial charge on any atom is -0.354 e. The molecule has 0 spiro atoms. The third-order valence-electron chi connectivity index (χ3n) is 6.56. The number of nitrogens with one attached hydrogen (secondary N) is 2. The number of halogens is 1. The van der Waals surface area contributed by atoms with Gasteiger partial charge in [0, 0.05) is 31.2 Å². The van der Waals surface area contributed by atoms with Crippen LogP contribution >= 0.6 is 0 Å². The normalized spacial score (nSPS) is 23.9. The van der Waals surface area contributed by atoms with Crippen molar-refractivity contribution < 1.29 is 9.18 Å². The molecule has 2 heterocycles. The van der Waals surface area contributed by atoms with Crippen molar-refractivity contribution in [3.8, 4) is 0 Å². The Balaban J connectivity index is 1.47. The number of carbonyl (C=O) groups excluding carboxylic acids is 1. The summed E-state index contributed by atoms with van der Waals surface area (Å²) in [6.45, 7) is 11.5. The van der Waals surface area contributed by atoms with Crippen LogP contribution in [0, 0.1) is 5.82 Å². The highest BCUT2D eigenvalue weighted by molar-refractivity contribution is 5.82. The number of hydrogen-bond donors (Lipinski definition) is 2. The molecule has 1 amide bonds. The molecule has 0 bridgehead atoms. The SMILES string of the molecule is CCCN1CCC(N[C@@H]2C[C@@H](C(=O)NCCc3ccccc3F)N(C(C)C)C2)CC1. The van der Waals surface area contributed by atoms with Gasteiger partial charge in [-0.15, -0.1) is 0 Å². The van der Waals surface area contributed by atoms with Crippen LogP contribution in [0.4, 0.5) is 4.39 Å². The van der Waals surface area contributed by atoms with Crippen LogP contribution in [0.15, 0.2) is 24.3 Å². The van der Waals surface area contributed by atoms with Crippen LogP contribution in [0.3, 0.4) is 0 Å². The molecule has 2 fully saturated rings. The van der Waals surface area contributed by atoms with Crippen LogP contribution in [0.25, 0.3) is 0 Å². The molecule has 0 aliphatic carbocycles. The molecule has 2 aliphatic rings. The minimum absolute atomic E-state index is 0.0714. The van der Waals surface area contributed by atoms with Crippen molar-refractivity contribution in [3.05, 3.63) is 35.6 Å². The molecule has 0 saturated carbocycles. The van der Waals surface area contributed by atoms with Gasteiger partial charge in [-0.1, -0.05) is 25.1 Å². The van der Waals surface area contributed by atoms with Crippen molar-refractivity contribution >= 4 is 5.91 Å². The molecule has 168 valence electrons. The van der Waals surface area contributed by atoms with Crippen LogP contribution < -0.4 is 10.6 Å². The van der Waals surface area contributed by atoms with Gasteiger partial charge in [0.25, 0.3) is 0 Å². The van der Waals surface area contributed by atoms with E-state index in [2.05, 4.69) is 41.2 Å². The summed E-state index contributed by atoms with van der Waals surface area (Å²) in [5, 5.41) is 6.89. The monoisotopic (exact) mass is 418 g/mol. The molecule has 2 atom stereocenters. The summed E-state index contributed by atoms with van der Waals surface area (Å²) in [6, 6.07) is 7.91. The average molecular weight is 419 g/mol. The zero-order valence-corrected chi connectivity index (χ0v) is 18.9.